The van der Waals surface area contributed by atoms with Crippen LogP contribution in [-0.2, 0) is 19.1 Å². The van der Waals surface area contributed by atoms with Crippen LogP contribution in [0.2, 0.25) is 0 Å². The molecule has 1 atom stereocenters. The number of nitrogens with zero attached hydrogens (tertiary/aromatic N) is 2. The first kappa shape index (κ1) is 22.8. The number of hydrogen-bond donors (Lipinski definition) is 1. The molecule has 1 aliphatic heterocycles. The highest BCUT2D eigenvalue weighted by molar-refractivity contribution is 5.96. The Morgan fingerprint density at radius 1 is 1.10 bits per heavy atom. The van der Waals surface area contributed by atoms with Crippen molar-refractivity contribution in [2.45, 2.75) is 52.0 Å². The number of esters is 1. The Kier molecular flexibility index (Phi) is 7.65. The normalized spacial score (nSPS) is 18.8. The van der Waals surface area contributed by atoms with Gasteiger partial charge in [-0.05, 0) is 51.0 Å². The number of likely N-dealkylation sites (tertiary alicyclic amines) is 1. The van der Waals surface area contributed by atoms with Gasteiger partial charge in [-0.1, -0.05) is 12.8 Å². The Balaban J connectivity index is 1.45. The first-order valence-corrected chi connectivity index (χ1v) is 11.1. The molecule has 168 valence electrons. The smallest absolute Gasteiger partial charge is 0.311 e. The minimum atomic E-state index is -0.510. The minimum absolute atomic E-state index is 0.00218. The number of ether oxygens (including phenoxy) is 1. The molecule has 0 aromatic heterocycles. The predicted molar refractivity (Wildman–Crippen MR) is 115 cm³/mol. The molecule has 0 radical (unpaired) electrons. The highest BCUT2D eigenvalue weighted by Gasteiger charge is 2.39. The number of carbonyl (C=O) groups is 4. The molecule has 2 fully saturated rings. The lowest BCUT2D eigenvalue weighted by Crippen LogP contribution is -2.35. The molecule has 2 aliphatic rings. The third-order valence-corrected chi connectivity index (χ3v) is 6.07. The second-order valence-electron chi connectivity index (χ2n) is 8.10. The number of carbonyl (C=O) groups excluding carboxylic acids is 4. The molecule has 0 bridgehead atoms. The van der Waals surface area contributed by atoms with Crippen LogP contribution in [0.4, 0.5) is 5.69 Å². The summed E-state index contributed by atoms with van der Waals surface area (Å²) in [4.78, 5) is 52.5. The second-order valence-corrected chi connectivity index (χ2v) is 8.10. The van der Waals surface area contributed by atoms with Gasteiger partial charge in [-0.25, -0.2) is 0 Å². The number of hydrogen-bond acceptors (Lipinski definition) is 5. The third-order valence-electron chi connectivity index (χ3n) is 6.07. The zero-order chi connectivity index (χ0) is 22.4. The summed E-state index contributed by atoms with van der Waals surface area (Å²) in [5, 5.41) is 2.66. The van der Waals surface area contributed by atoms with E-state index >= 15 is 0 Å². The molecule has 3 amide bonds. The van der Waals surface area contributed by atoms with Gasteiger partial charge in [0, 0.05) is 43.3 Å². The Labute approximate surface area is 182 Å². The number of nitrogens with one attached hydrogen (secondary N) is 1. The fourth-order valence-corrected chi connectivity index (χ4v) is 4.30. The summed E-state index contributed by atoms with van der Waals surface area (Å²) in [5.41, 5.74) is 1.06. The van der Waals surface area contributed by atoms with Crippen molar-refractivity contribution in [2.75, 3.05) is 31.6 Å². The fraction of sp³-hybridized carbons (Fsp3) is 0.565. The van der Waals surface area contributed by atoms with Crippen LogP contribution in [0.3, 0.4) is 0 Å². The molecule has 31 heavy (non-hydrogen) atoms. The van der Waals surface area contributed by atoms with Gasteiger partial charge in [0.05, 0.1) is 5.92 Å². The molecule has 1 N–H and O–H groups in total. The first-order chi connectivity index (χ1) is 14.9. The molecule has 1 saturated heterocycles. The highest BCUT2D eigenvalue weighted by atomic mass is 16.5. The lowest BCUT2D eigenvalue weighted by atomic mass is 10.1. The van der Waals surface area contributed by atoms with E-state index in [1.54, 1.807) is 34.1 Å². The monoisotopic (exact) mass is 429 g/mol. The molecular weight excluding hydrogens is 398 g/mol. The largest absolute Gasteiger partial charge is 0.455 e. The zero-order valence-corrected chi connectivity index (χ0v) is 18.3. The SMILES string of the molecule is CCN(CC)C(=O)c1ccc(NC(=O)COC(=O)[C@@H]2CC(=O)N(C3CCCC3)C2)cc1. The molecule has 8 heteroatoms. The Bertz CT molecular complexity index is 813. The van der Waals surface area contributed by atoms with Crippen molar-refractivity contribution < 1.29 is 23.9 Å². The van der Waals surface area contributed by atoms with Crippen molar-refractivity contribution >= 4 is 29.4 Å². The maximum atomic E-state index is 12.3. The van der Waals surface area contributed by atoms with E-state index in [-0.39, 0.29) is 24.3 Å². The van der Waals surface area contributed by atoms with Gasteiger partial charge in [0.1, 0.15) is 0 Å². The van der Waals surface area contributed by atoms with E-state index in [0.29, 0.717) is 30.9 Å². The van der Waals surface area contributed by atoms with Gasteiger partial charge >= 0.3 is 5.97 Å². The lowest BCUT2D eigenvalue weighted by Gasteiger charge is -2.23. The van der Waals surface area contributed by atoms with Gasteiger partial charge in [0.2, 0.25) is 5.91 Å². The van der Waals surface area contributed by atoms with Gasteiger partial charge in [0.25, 0.3) is 11.8 Å². The molecular formula is C23H31N3O5. The van der Waals surface area contributed by atoms with Gasteiger partial charge < -0.3 is 19.9 Å². The van der Waals surface area contributed by atoms with Crippen molar-refractivity contribution in [1.82, 2.24) is 9.80 Å². The summed E-state index contributed by atoms with van der Waals surface area (Å²) in [6, 6.07) is 6.84. The average Bonchev–Trinajstić information content (AvgIpc) is 3.43. The van der Waals surface area contributed by atoms with Crippen LogP contribution in [0.25, 0.3) is 0 Å². The van der Waals surface area contributed by atoms with Crippen molar-refractivity contribution in [3.05, 3.63) is 29.8 Å². The van der Waals surface area contributed by atoms with Gasteiger partial charge in [-0.2, -0.15) is 0 Å². The maximum Gasteiger partial charge on any atom is 0.311 e. The predicted octanol–water partition coefficient (Wildman–Crippen LogP) is 2.44. The number of anilines is 1. The Morgan fingerprint density at radius 2 is 1.74 bits per heavy atom. The molecule has 1 heterocycles. The second kappa shape index (κ2) is 10.4. The van der Waals surface area contributed by atoms with Crippen molar-refractivity contribution in [1.29, 1.82) is 0 Å². The van der Waals surface area contributed by atoms with E-state index in [1.807, 2.05) is 13.8 Å². The topological polar surface area (TPSA) is 96.0 Å². The molecule has 1 saturated carbocycles. The summed E-state index contributed by atoms with van der Waals surface area (Å²) >= 11 is 0. The van der Waals surface area contributed by atoms with Crippen LogP contribution >= 0.6 is 0 Å². The van der Waals surface area contributed by atoms with Crippen LogP contribution in [0.15, 0.2) is 24.3 Å². The van der Waals surface area contributed by atoms with Crippen LogP contribution in [0, 0.1) is 5.92 Å². The maximum absolute atomic E-state index is 12.3. The molecule has 1 aliphatic carbocycles. The molecule has 0 spiro atoms. The molecule has 8 nitrogen and oxygen atoms in total. The number of amides is 3. The summed E-state index contributed by atoms with van der Waals surface area (Å²) in [5.74, 6) is -1.55. The van der Waals surface area contributed by atoms with Gasteiger partial charge in [-0.3, -0.25) is 19.2 Å². The number of rotatable bonds is 8. The van der Waals surface area contributed by atoms with Gasteiger partial charge in [-0.15, -0.1) is 0 Å². The van der Waals surface area contributed by atoms with Crippen LogP contribution < -0.4 is 5.32 Å². The molecule has 0 unspecified atom stereocenters. The lowest BCUT2D eigenvalue weighted by molar-refractivity contribution is -0.151. The van der Waals surface area contributed by atoms with E-state index in [2.05, 4.69) is 5.32 Å². The summed E-state index contributed by atoms with van der Waals surface area (Å²) in [6.07, 6.45) is 4.38. The average molecular weight is 430 g/mol. The Morgan fingerprint density at radius 3 is 2.35 bits per heavy atom. The molecule has 1 aromatic carbocycles. The summed E-state index contributed by atoms with van der Waals surface area (Å²) in [6.45, 7) is 5.07. The van der Waals surface area contributed by atoms with Crippen LogP contribution in [0.5, 0.6) is 0 Å². The van der Waals surface area contributed by atoms with E-state index < -0.39 is 24.4 Å². The number of benzene rings is 1. The van der Waals surface area contributed by atoms with Crippen molar-refractivity contribution in [2.24, 2.45) is 5.92 Å². The highest BCUT2D eigenvalue weighted by Crippen LogP contribution is 2.29. The Hall–Kier alpha value is -2.90. The van der Waals surface area contributed by atoms with Crippen LogP contribution in [0.1, 0.15) is 56.3 Å². The zero-order valence-electron chi connectivity index (χ0n) is 18.3. The van der Waals surface area contributed by atoms with E-state index in [0.717, 1.165) is 25.7 Å². The van der Waals surface area contributed by atoms with Crippen molar-refractivity contribution in [3.8, 4) is 0 Å². The minimum Gasteiger partial charge on any atom is -0.455 e. The summed E-state index contributed by atoms with van der Waals surface area (Å²) in [7, 11) is 0. The molecule has 1 aromatic rings. The summed E-state index contributed by atoms with van der Waals surface area (Å²) < 4.78 is 5.15. The van der Waals surface area contributed by atoms with Crippen LogP contribution in [-0.4, -0.2) is 65.8 Å². The quantitative estimate of drug-likeness (QED) is 0.641. The third kappa shape index (κ3) is 5.62. The molecule has 3 rings (SSSR count). The van der Waals surface area contributed by atoms with E-state index in [9.17, 15) is 19.2 Å². The standard InChI is InChI=1S/C23H31N3O5/c1-3-25(4-2)22(29)16-9-11-18(12-10-16)24-20(27)15-31-23(30)17-13-21(28)26(14-17)19-7-5-6-8-19/h9-12,17,19H,3-8,13-15H2,1-2H3,(H,24,27)/t17-/m1/s1. The van der Waals surface area contributed by atoms with Crippen molar-refractivity contribution in [3.63, 3.8) is 0 Å². The van der Waals surface area contributed by atoms with E-state index in [1.165, 1.54) is 0 Å². The first-order valence-electron chi connectivity index (χ1n) is 11.1. The van der Waals surface area contributed by atoms with E-state index in [4.69, 9.17) is 4.74 Å². The van der Waals surface area contributed by atoms with Gasteiger partial charge in [0.15, 0.2) is 6.61 Å². The fourth-order valence-electron chi connectivity index (χ4n) is 4.30.